The largest absolute Gasteiger partial charge is 0.316 e. The van der Waals surface area contributed by atoms with E-state index in [9.17, 15) is 4.79 Å². The molecule has 0 atom stereocenters. The number of benzene rings is 2. The zero-order valence-corrected chi connectivity index (χ0v) is 16.5. The molecular formula is C20H28Cl2N2O. The minimum absolute atomic E-state index is 0. The van der Waals surface area contributed by atoms with Gasteiger partial charge in [0, 0.05) is 11.1 Å². The highest BCUT2D eigenvalue weighted by Gasteiger charge is 2.08. The Kier molecular flexibility index (Phi) is 12.2. The van der Waals surface area contributed by atoms with Crippen LogP contribution in [0.25, 0.3) is 0 Å². The first-order valence-electron chi connectivity index (χ1n) is 8.21. The Labute approximate surface area is 163 Å². The van der Waals surface area contributed by atoms with Crippen molar-refractivity contribution in [2.24, 2.45) is 0 Å². The maximum Gasteiger partial charge on any atom is 0.193 e. The molecule has 0 fully saturated rings. The van der Waals surface area contributed by atoms with Gasteiger partial charge in [0.05, 0.1) is 0 Å². The van der Waals surface area contributed by atoms with Crippen molar-refractivity contribution >= 4 is 30.6 Å². The molecule has 0 amide bonds. The molecule has 0 saturated carbocycles. The number of rotatable bonds is 9. The fourth-order valence-corrected chi connectivity index (χ4v) is 2.50. The average Bonchev–Trinajstić information content (AvgIpc) is 2.58. The molecule has 138 valence electrons. The highest BCUT2D eigenvalue weighted by Crippen LogP contribution is 2.12. The van der Waals surface area contributed by atoms with Gasteiger partial charge in [-0.3, -0.25) is 4.79 Å². The highest BCUT2D eigenvalue weighted by atomic mass is 35.5. The van der Waals surface area contributed by atoms with E-state index in [0.717, 1.165) is 43.6 Å². The molecular weight excluding hydrogens is 355 g/mol. The minimum atomic E-state index is 0. The van der Waals surface area contributed by atoms with E-state index in [1.54, 1.807) is 0 Å². The summed E-state index contributed by atoms with van der Waals surface area (Å²) < 4.78 is 0. The van der Waals surface area contributed by atoms with Crippen LogP contribution in [0.4, 0.5) is 0 Å². The molecule has 0 aliphatic heterocycles. The van der Waals surface area contributed by atoms with Crippen molar-refractivity contribution in [3.63, 3.8) is 0 Å². The van der Waals surface area contributed by atoms with Gasteiger partial charge in [-0.25, -0.2) is 0 Å². The normalized spacial score (nSPS) is 10.0. The van der Waals surface area contributed by atoms with E-state index in [1.807, 2.05) is 48.5 Å². The Morgan fingerprint density at radius 1 is 0.920 bits per heavy atom. The van der Waals surface area contributed by atoms with Crippen molar-refractivity contribution in [3.05, 3.63) is 71.3 Å². The Morgan fingerprint density at radius 3 is 2.28 bits per heavy atom. The van der Waals surface area contributed by atoms with Gasteiger partial charge in [-0.2, -0.15) is 0 Å². The first kappa shape index (κ1) is 23.6. The van der Waals surface area contributed by atoms with Crippen LogP contribution in [0.3, 0.4) is 0 Å². The van der Waals surface area contributed by atoms with Crippen LogP contribution >= 0.6 is 24.8 Å². The first-order valence-corrected chi connectivity index (χ1v) is 8.21. The van der Waals surface area contributed by atoms with E-state index in [2.05, 4.69) is 30.4 Å². The van der Waals surface area contributed by atoms with Crippen LogP contribution in [0, 0.1) is 0 Å². The number of nitrogens with zero attached hydrogens (tertiary/aromatic N) is 1. The third-order valence-electron chi connectivity index (χ3n) is 3.77. The standard InChI is InChI=1S/C20H26N2O.2ClH/c1-22(2)15-7-13-21-14-12-17-8-6-11-19(16-17)20(23)18-9-4-3-5-10-18;;/h3-6,8-11,16,21H,7,12-15H2,1-2H3;2*1H. The summed E-state index contributed by atoms with van der Waals surface area (Å²) in [6.07, 6.45) is 2.09. The monoisotopic (exact) mass is 382 g/mol. The Balaban J connectivity index is 0.00000288. The molecule has 1 N–H and O–H groups in total. The van der Waals surface area contributed by atoms with Crippen LogP contribution in [-0.2, 0) is 6.42 Å². The van der Waals surface area contributed by atoms with Gasteiger partial charge in [0.1, 0.15) is 0 Å². The van der Waals surface area contributed by atoms with E-state index in [-0.39, 0.29) is 30.6 Å². The van der Waals surface area contributed by atoms with Gasteiger partial charge in [-0.1, -0.05) is 48.5 Å². The lowest BCUT2D eigenvalue weighted by Crippen LogP contribution is -2.23. The lowest BCUT2D eigenvalue weighted by molar-refractivity contribution is 0.103. The van der Waals surface area contributed by atoms with Gasteiger partial charge in [0.15, 0.2) is 5.78 Å². The molecule has 0 aliphatic carbocycles. The van der Waals surface area contributed by atoms with E-state index < -0.39 is 0 Å². The molecule has 2 aromatic rings. The van der Waals surface area contributed by atoms with Gasteiger partial charge in [-0.15, -0.1) is 24.8 Å². The van der Waals surface area contributed by atoms with Crippen molar-refractivity contribution in [3.8, 4) is 0 Å². The zero-order chi connectivity index (χ0) is 16.5. The Morgan fingerprint density at radius 2 is 1.60 bits per heavy atom. The fraction of sp³-hybridized carbons (Fsp3) is 0.350. The number of halogens is 2. The predicted molar refractivity (Wildman–Crippen MR) is 111 cm³/mol. The minimum Gasteiger partial charge on any atom is -0.316 e. The van der Waals surface area contributed by atoms with Crippen molar-refractivity contribution in [1.82, 2.24) is 10.2 Å². The summed E-state index contributed by atoms with van der Waals surface area (Å²) in [5.41, 5.74) is 2.71. The summed E-state index contributed by atoms with van der Waals surface area (Å²) in [7, 11) is 4.19. The summed E-state index contributed by atoms with van der Waals surface area (Å²) in [4.78, 5) is 14.7. The van der Waals surface area contributed by atoms with Gasteiger partial charge < -0.3 is 10.2 Å². The molecule has 3 nitrogen and oxygen atoms in total. The van der Waals surface area contributed by atoms with Crippen LogP contribution < -0.4 is 5.32 Å². The number of hydrogen-bond acceptors (Lipinski definition) is 3. The van der Waals surface area contributed by atoms with Crippen molar-refractivity contribution in [2.45, 2.75) is 12.8 Å². The van der Waals surface area contributed by atoms with Crippen LogP contribution in [0.5, 0.6) is 0 Å². The molecule has 0 unspecified atom stereocenters. The zero-order valence-electron chi connectivity index (χ0n) is 14.9. The quantitative estimate of drug-likeness (QED) is 0.528. The second kappa shape index (κ2) is 12.9. The molecule has 0 heterocycles. The maximum atomic E-state index is 12.5. The first-order chi connectivity index (χ1) is 11.2. The third-order valence-corrected chi connectivity index (χ3v) is 3.77. The molecule has 0 aliphatic rings. The summed E-state index contributed by atoms with van der Waals surface area (Å²) in [6, 6.07) is 17.4. The number of ketones is 1. The van der Waals surface area contributed by atoms with E-state index >= 15 is 0 Å². The smallest absolute Gasteiger partial charge is 0.193 e. The van der Waals surface area contributed by atoms with Crippen LogP contribution in [0.1, 0.15) is 27.9 Å². The van der Waals surface area contributed by atoms with Crippen LogP contribution in [0.15, 0.2) is 54.6 Å². The second-order valence-corrected chi connectivity index (χ2v) is 6.05. The molecule has 0 bridgehead atoms. The van der Waals surface area contributed by atoms with E-state index in [1.165, 1.54) is 5.56 Å². The molecule has 2 rings (SSSR count). The maximum absolute atomic E-state index is 12.5. The van der Waals surface area contributed by atoms with Crippen molar-refractivity contribution in [2.75, 3.05) is 33.7 Å². The molecule has 5 heteroatoms. The van der Waals surface area contributed by atoms with Crippen molar-refractivity contribution in [1.29, 1.82) is 0 Å². The van der Waals surface area contributed by atoms with Gasteiger partial charge in [0.2, 0.25) is 0 Å². The number of carbonyl (C=O) groups is 1. The molecule has 0 aromatic heterocycles. The SMILES string of the molecule is CN(C)CCCNCCc1cccc(C(=O)c2ccccc2)c1.Cl.Cl. The summed E-state index contributed by atoms with van der Waals surface area (Å²) in [6.45, 7) is 3.07. The average molecular weight is 383 g/mol. The Bertz CT molecular complexity index is 618. The fourth-order valence-electron chi connectivity index (χ4n) is 2.50. The van der Waals surface area contributed by atoms with E-state index in [0.29, 0.717) is 0 Å². The topological polar surface area (TPSA) is 32.3 Å². The van der Waals surface area contributed by atoms with Crippen LogP contribution in [0.2, 0.25) is 0 Å². The molecule has 25 heavy (non-hydrogen) atoms. The van der Waals surface area contributed by atoms with Crippen molar-refractivity contribution < 1.29 is 4.79 Å². The van der Waals surface area contributed by atoms with Gasteiger partial charge in [-0.05, 0) is 58.2 Å². The number of nitrogens with one attached hydrogen (secondary N) is 1. The van der Waals surface area contributed by atoms with Crippen LogP contribution in [-0.4, -0.2) is 44.4 Å². The van der Waals surface area contributed by atoms with E-state index in [4.69, 9.17) is 0 Å². The molecule has 2 aromatic carbocycles. The molecule has 0 saturated heterocycles. The second-order valence-electron chi connectivity index (χ2n) is 6.05. The molecule has 0 radical (unpaired) electrons. The summed E-state index contributed by atoms with van der Waals surface area (Å²) >= 11 is 0. The lowest BCUT2D eigenvalue weighted by Gasteiger charge is -2.10. The number of hydrogen-bond donors (Lipinski definition) is 1. The third kappa shape index (κ3) is 8.50. The van der Waals surface area contributed by atoms with Gasteiger partial charge in [0.25, 0.3) is 0 Å². The molecule has 0 spiro atoms. The lowest BCUT2D eigenvalue weighted by atomic mass is 10.0. The summed E-state index contributed by atoms with van der Waals surface area (Å²) in [5.74, 6) is 0.0893. The van der Waals surface area contributed by atoms with Gasteiger partial charge >= 0.3 is 0 Å². The highest BCUT2D eigenvalue weighted by molar-refractivity contribution is 6.09. The Hall–Kier alpha value is -1.39. The predicted octanol–water partition coefficient (Wildman–Crippen LogP) is 3.85. The number of carbonyl (C=O) groups excluding carboxylic acids is 1. The summed E-state index contributed by atoms with van der Waals surface area (Å²) in [5, 5.41) is 3.46.